The first-order chi connectivity index (χ1) is 12.8. The van der Waals surface area contributed by atoms with Gasteiger partial charge in [0.1, 0.15) is 17.6 Å². The number of nitrogen functional groups attached to an aromatic ring is 1. The van der Waals surface area contributed by atoms with Gasteiger partial charge in [-0.25, -0.2) is 0 Å². The van der Waals surface area contributed by atoms with Gasteiger partial charge in [-0.3, -0.25) is 9.78 Å². The number of piperidine rings is 1. The van der Waals surface area contributed by atoms with Crippen molar-refractivity contribution in [3.8, 4) is 11.5 Å². The number of amides is 1. The molecule has 27 heavy (non-hydrogen) atoms. The largest absolute Gasteiger partial charge is 0.573 e. The quantitative estimate of drug-likeness (QED) is 0.880. The Morgan fingerprint density at radius 1 is 1.15 bits per heavy atom. The third-order valence-corrected chi connectivity index (χ3v) is 4.08. The van der Waals surface area contributed by atoms with Crippen LogP contribution in [0.2, 0.25) is 0 Å². The van der Waals surface area contributed by atoms with Crippen LogP contribution in [0.25, 0.3) is 0 Å². The SMILES string of the molecule is Nc1cncc(C(=O)N2CCC(Oc3cccc(OC(F)(F)F)c3)CC2)c1. The Morgan fingerprint density at radius 2 is 1.85 bits per heavy atom. The van der Waals surface area contributed by atoms with Gasteiger partial charge in [0, 0.05) is 44.4 Å². The van der Waals surface area contributed by atoms with Crippen LogP contribution in [0, 0.1) is 0 Å². The van der Waals surface area contributed by atoms with E-state index in [4.69, 9.17) is 10.5 Å². The molecule has 1 aliphatic rings. The fraction of sp³-hybridized carbons (Fsp3) is 0.333. The van der Waals surface area contributed by atoms with Gasteiger partial charge in [-0.05, 0) is 18.2 Å². The van der Waals surface area contributed by atoms with E-state index in [9.17, 15) is 18.0 Å². The Bertz CT molecular complexity index is 806. The van der Waals surface area contributed by atoms with Gasteiger partial charge in [0.15, 0.2) is 0 Å². The number of carbonyl (C=O) groups is 1. The summed E-state index contributed by atoms with van der Waals surface area (Å²) in [7, 11) is 0. The molecule has 0 saturated carbocycles. The molecule has 2 aromatic rings. The van der Waals surface area contributed by atoms with Crippen LogP contribution in [0.4, 0.5) is 18.9 Å². The summed E-state index contributed by atoms with van der Waals surface area (Å²) in [5.41, 5.74) is 6.49. The van der Waals surface area contributed by atoms with Crippen molar-refractivity contribution in [2.24, 2.45) is 0 Å². The molecule has 0 atom stereocenters. The Labute approximate surface area is 153 Å². The van der Waals surface area contributed by atoms with Gasteiger partial charge in [0.2, 0.25) is 0 Å². The van der Waals surface area contributed by atoms with Crippen molar-refractivity contribution >= 4 is 11.6 Å². The topological polar surface area (TPSA) is 77.7 Å². The molecule has 0 bridgehead atoms. The van der Waals surface area contributed by atoms with Gasteiger partial charge >= 0.3 is 6.36 Å². The van der Waals surface area contributed by atoms with Gasteiger partial charge < -0.3 is 20.1 Å². The van der Waals surface area contributed by atoms with E-state index in [2.05, 4.69) is 9.72 Å². The lowest BCUT2D eigenvalue weighted by Crippen LogP contribution is -2.41. The van der Waals surface area contributed by atoms with E-state index in [0.717, 1.165) is 0 Å². The summed E-state index contributed by atoms with van der Waals surface area (Å²) in [5.74, 6) is -0.197. The zero-order valence-corrected chi connectivity index (χ0v) is 14.3. The lowest BCUT2D eigenvalue weighted by atomic mass is 10.1. The Balaban J connectivity index is 1.55. The molecule has 3 rings (SSSR count). The molecule has 2 N–H and O–H groups in total. The first-order valence-electron chi connectivity index (χ1n) is 8.32. The van der Waals surface area contributed by atoms with Crippen molar-refractivity contribution in [3.05, 3.63) is 48.3 Å². The monoisotopic (exact) mass is 381 g/mol. The highest BCUT2D eigenvalue weighted by Gasteiger charge is 2.31. The van der Waals surface area contributed by atoms with Gasteiger partial charge in [0.05, 0.1) is 11.3 Å². The van der Waals surface area contributed by atoms with Gasteiger partial charge in [0.25, 0.3) is 5.91 Å². The summed E-state index contributed by atoms with van der Waals surface area (Å²) < 4.78 is 46.5. The second kappa shape index (κ2) is 7.73. The normalized spacial score (nSPS) is 15.4. The number of likely N-dealkylation sites (tertiary alicyclic amines) is 1. The molecule has 0 spiro atoms. The number of rotatable bonds is 4. The first kappa shape index (κ1) is 18.8. The number of aromatic nitrogens is 1. The van der Waals surface area contributed by atoms with Crippen LogP contribution in [-0.2, 0) is 0 Å². The number of nitrogens with zero attached hydrogens (tertiary/aromatic N) is 2. The first-order valence-corrected chi connectivity index (χ1v) is 8.32. The molecule has 6 nitrogen and oxygen atoms in total. The zero-order valence-electron chi connectivity index (χ0n) is 14.3. The number of benzene rings is 1. The highest BCUT2D eigenvalue weighted by atomic mass is 19.4. The molecule has 1 aliphatic heterocycles. The van der Waals surface area contributed by atoms with Crippen LogP contribution >= 0.6 is 0 Å². The van der Waals surface area contributed by atoms with Crippen molar-refractivity contribution in [1.29, 1.82) is 0 Å². The maximum atomic E-state index is 12.5. The van der Waals surface area contributed by atoms with Gasteiger partial charge in [-0.1, -0.05) is 6.07 Å². The minimum Gasteiger partial charge on any atom is -0.490 e. The second-order valence-electron chi connectivity index (χ2n) is 6.14. The summed E-state index contributed by atoms with van der Waals surface area (Å²) >= 11 is 0. The van der Waals surface area contributed by atoms with E-state index >= 15 is 0 Å². The second-order valence-corrected chi connectivity index (χ2v) is 6.14. The summed E-state index contributed by atoms with van der Waals surface area (Å²) in [4.78, 5) is 18.1. The minimum atomic E-state index is -4.75. The molecule has 0 aliphatic carbocycles. The summed E-state index contributed by atoms with van der Waals surface area (Å²) in [6, 6.07) is 6.98. The average molecular weight is 381 g/mol. The van der Waals surface area contributed by atoms with E-state index < -0.39 is 6.36 Å². The molecule has 1 amide bonds. The van der Waals surface area contributed by atoms with Crippen LogP contribution < -0.4 is 15.2 Å². The van der Waals surface area contributed by atoms with Crippen LogP contribution in [0.15, 0.2) is 42.7 Å². The molecular weight excluding hydrogens is 363 g/mol. The molecule has 1 saturated heterocycles. The summed E-state index contributed by atoms with van der Waals surface area (Å²) in [6.07, 6.45) is -0.896. The van der Waals surface area contributed by atoms with E-state index in [-0.39, 0.29) is 17.8 Å². The number of ether oxygens (including phenoxy) is 2. The number of anilines is 1. The lowest BCUT2D eigenvalue weighted by molar-refractivity contribution is -0.274. The van der Waals surface area contributed by atoms with Crippen LogP contribution in [0.3, 0.4) is 0 Å². The minimum absolute atomic E-state index is 0.158. The Hall–Kier alpha value is -2.97. The predicted molar refractivity (Wildman–Crippen MR) is 91.3 cm³/mol. The smallest absolute Gasteiger partial charge is 0.490 e. The van der Waals surface area contributed by atoms with E-state index in [1.54, 1.807) is 17.0 Å². The average Bonchev–Trinajstić information content (AvgIpc) is 2.61. The van der Waals surface area contributed by atoms with Gasteiger partial charge in [-0.2, -0.15) is 0 Å². The fourth-order valence-corrected chi connectivity index (χ4v) is 2.87. The fourth-order valence-electron chi connectivity index (χ4n) is 2.87. The van der Waals surface area contributed by atoms with Crippen molar-refractivity contribution in [1.82, 2.24) is 9.88 Å². The molecule has 144 valence electrons. The molecule has 2 heterocycles. The molecule has 1 fully saturated rings. The zero-order chi connectivity index (χ0) is 19.4. The number of alkyl halides is 3. The number of halogens is 3. The number of hydrogen-bond acceptors (Lipinski definition) is 5. The maximum Gasteiger partial charge on any atom is 0.573 e. The number of carbonyl (C=O) groups excluding carboxylic acids is 1. The standard InChI is InChI=1S/C18H18F3N3O3/c19-18(20,21)27-16-3-1-2-15(9-16)26-14-4-6-24(7-5-14)17(25)12-8-13(22)11-23-10-12/h1-3,8-11,14H,4-7,22H2. The molecular formula is C18H18F3N3O3. The summed E-state index contributed by atoms with van der Waals surface area (Å²) in [6.45, 7) is 0.939. The third kappa shape index (κ3) is 5.25. The Morgan fingerprint density at radius 3 is 2.52 bits per heavy atom. The van der Waals surface area contributed by atoms with E-state index in [0.29, 0.717) is 42.9 Å². The molecule has 1 aromatic carbocycles. The lowest BCUT2D eigenvalue weighted by Gasteiger charge is -2.32. The van der Waals surface area contributed by atoms with E-state index in [1.807, 2.05) is 0 Å². The molecule has 0 radical (unpaired) electrons. The highest BCUT2D eigenvalue weighted by molar-refractivity contribution is 5.94. The van der Waals surface area contributed by atoms with E-state index in [1.165, 1.54) is 30.6 Å². The predicted octanol–water partition coefficient (Wildman–Crippen LogP) is 3.25. The molecule has 0 unspecified atom stereocenters. The maximum absolute atomic E-state index is 12.5. The number of hydrogen-bond donors (Lipinski definition) is 1. The molecule has 1 aromatic heterocycles. The van der Waals surface area contributed by atoms with Crippen molar-refractivity contribution < 1.29 is 27.4 Å². The van der Waals surface area contributed by atoms with Crippen molar-refractivity contribution in [2.75, 3.05) is 18.8 Å². The van der Waals surface area contributed by atoms with Crippen LogP contribution in [0.1, 0.15) is 23.2 Å². The van der Waals surface area contributed by atoms with Crippen molar-refractivity contribution in [2.45, 2.75) is 25.3 Å². The number of nitrogens with two attached hydrogens (primary N) is 1. The highest BCUT2D eigenvalue weighted by Crippen LogP contribution is 2.28. The van der Waals surface area contributed by atoms with Crippen molar-refractivity contribution in [3.63, 3.8) is 0 Å². The Kier molecular flexibility index (Phi) is 5.38. The number of pyridine rings is 1. The third-order valence-electron chi connectivity index (χ3n) is 4.08. The van der Waals surface area contributed by atoms with Gasteiger partial charge in [-0.15, -0.1) is 13.2 Å². The molecule has 9 heteroatoms. The van der Waals surface area contributed by atoms with Crippen LogP contribution in [-0.4, -0.2) is 41.3 Å². The van der Waals surface area contributed by atoms with Crippen LogP contribution in [0.5, 0.6) is 11.5 Å². The summed E-state index contributed by atoms with van der Waals surface area (Å²) in [5, 5.41) is 0.